The maximum atomic E-state index is 13.4. The summed E-state index contributed by atoms with van der Waals surface area (Å²) in [6, 6.07) is 4.15. The maximum Gasteiger partial charge on any atom is 0.228 e. The standard InChI is InChI=1S/C12H11ClFN3OS/c1-6-10(11(15)19)12(17(2)16-6)18-7-3-4-8(13)9(14)5-7/h3-5H,1-2H3,(H2,15,19). The van der Waals surface area contributed by atoms with Gasteiger partial charge in [0.15, 0.2) is 0 Å². The number of hydrogen-bond acceptors (Lipinski definition) is 3. The molecule has 0 aliphatic heterocycles. The summed E-state index contributed by atoms with van der Waals surface area (Å²) < 4.78 is 20.5. The van der Waals surface area contributed by atoms with Crippen LogP contribution in [0.5, 0.6) is 11.6 Å². The summed E-state index contributed by atoms with van der Waals surface area (Å²) in [6.07, 6.45) is 0. The fourth-order valence-electron chi connectivity index (χ4n) is 1.69. The van der Waals surface area contributed by atoms with Gasteiger partial charge in [0, 0.05) is 13.1 Å². The van der Waals surface area contributed by atoms with Crippen LogP contribution in [0.2, 0.25) is 5.02 Å². The van der Waals surface area contributed by atoms with Crippen molar-refractivity contribution in [1.82, 2.24) is 9.78 Å². The molecule has 0 aliphatic carbocycles. The van der Waals surface area contributed by atoms with Gasteiger partial charge in [-0.05, 0) is 19.1 Å². The van der Waals surface area contributed by atoms with Gasteiger partial charge in [0.05, 0.1) is 16.3 Å². The average molecular weight is 300 g/mol. The van der Waals surface area contributed by atoms with Crippen LogP contribution in [0, 0.1) is 12.7 Å². The second kappa shape index (κ2) is 5.14. The number of aryl methyl sites for hydroxylation is 2. The molecule has 2 aromatic rings. The lowest BCUT2D eigenvalue weighted by atomic mass is 10.2. The van der Waals surface area contributed by atoms with Crippen molar-refractivity contribution in [2.45, 2.75) is 6.92 Å². The zero-order valence-corrected chi connectivity index (χ0v) is 11.8. The monoisotopic (exact) mass is 299 g/mol. The van der Waals surface area contributed by atoms with Gasteiger partial charge in [0.2, 0.25) is 5.88 Å². The Labute approximate surface area is 119 Å². The van der Waals surface area contributed by atoms with Crippen LogP contribution in [-0.4, -0.2) is 14.8 Å². The van der Waals surface area contributed by atoms with E-state index in [1.807, 2.05) is 0 Å². The molecule has 0 saturated heterocycles. The van der Waals surface area contributed by atoms with E-state index < -0.39 is 5.82 Å². The molecule has 4 nitrogen and oxygen atoms in total. The van der Waals surface area contributed by atoms with E-state index in [1.54, 1.807) is 20.0 Å². The Kier molecular flexibility index (Phi) is 3.73. The van der Waals surface area contributed by atoms with Crippen LogP contribution < -0.4 is 10.5 Å². The van der Waals surface area contributed by atoms with E-state index in [9.17, 15) is 4.39 Å². The van der Waals surface area contributed by atoms with E-state index in [2.05, 4.69) is 5.10 Å². The largest absolute Gasteiger partial charge is 0.438 e. The molecule has 0 spiro atoms. The molecule has 19 heavy (non-hydrogen) atoms. The van der Waals surface area contributed by atoms with Gasteiger partial charge in [-0.3, -0.25) is 0 Å². The van der Waals surface area contributed by atoms with Crippen molar-refractivity contribution in [2.24, 2.45) is 12.8 Å². The molecule has 1 heterocycles. The normalized spacial score (nSPS) is 10.5. The molecule has 1 aromatic heterocycles. The lowest BCUT2D eigenvalue weighted by molar-refractivity contribution is 0.426. The first-order valence-corrected chi connectivity index (χ1v) is 6.15. The number of benzene rings is 1. The molecular formula is C12H11ClFN3OS. The summed E-state index contributed by atoms with van der Waals surface area (Å²) in [5.41, 5.74) is 6.83. The molecule has 0 aliphatic rings. The maximum absolute atomic E-state index is 13.4. The van der Waals surface area contributed by atoms with E-state index in [-0.39, 0.29) is 10.0 Å². The smallest absolute Gasteiger partial charge is 0.228 e. The van der Waals surface area contributed by atoms with Crippen molar-refractivity contribution in [1.29, 1.82) is 0 Å². The van der Waals surface area contributed by atoms with Crippen LogP contribution in [0.25, 0.3) is 0 Å². The van der Waals surface area contributed by atoms with E-state index in [0.717, 1.165) is 0 Å². The molecule has 0 unspecified atom stereocenters. The van der Waals surface area contributed by atoms with Crippen LogP contribution in [0.4, 0.5) is 4.39 Å². The molecule has 2 N–H and O–H groups in total. The summed E-state index contributed by atoms with van der Waals surface area (Å²) in [6.45, 7) is 1.77. The summed E-state index contributed by atoms with van der Waals surface area (Å²) in [7, 11) is 1.69. The van der Waals surface area contributed by atoms with Crippen LogP contribution in [0.3, 0.4) is 0 Å². The number of nitrogens with zero attached hydrogens (tertiary/aromatic N) is 2. The Balaban J connectivity index is 2.43. The van der Waals surface area contributed by atoms with Crippen molar-refractivity contribution in [3.8, 4) is 11.6 Å². The van der Waals surface area contributed by atoms with E-state index in [4.69, 9.17) is 34.3 Å². The van der Waals surface area contributed by atoms with E-state index in [0.29, 0.717) is 22.9 Å². The molecule has 7 heteroatoms. The molecule has 2 rings (SSSR count). The number of aromatic nitrogens is 2. The average Bonchev–Trinajstić information content (AvgIpc) is 2.59. The van der Waals surface area contributed by atoms with Gasteiger partial charge in [-0.25, -0.2) is 9.07 Å². The van der Waals surface area contributed by atoms with E-state index in [1.165, 1.54) is 16.8 Å². The van der Waals surface area contributed by atoms with Crippen LogP contribution in [0.1, 0.15) is 11.3 Å². The van der Waals surface area contributed by atoms with Crippen LogP contribution in [-0.2, 0) is 7.05 Å². The number of thiocarbonyl (C=S) groups is 1. The fourth-order valence-corrected chi connectivity index (χ4v) is 2.04. The third kappa shape index (κ3) is 2.69. The highest BCUT2D eigenvalue weighted by molar-refractivity contribution is 7.80. The van der Waals surface area contributed by atoms with Crippen molar-refractivity contribution >= 4 is 28.8 Å². The summed E-state index contributed by atoms with van der Waals surface area (Å²) in [4.78, 5) is 0.176. The van der Waals surface area contributed by atoms with Gasteiger partial charge in [0.25, 0.3) is 0 Å². The first-order chi connectivity index (χ1) is 8.90. The van der Waals surface area contributed by atoms with Gasteiger partial charge in [0.1, 0.15) is 16.6 Å². The predicted molar refractivity (Wildman–Crippen MR) is 75.3 cm³/mol. The Bertz CT molecular complexity index is 657. The number of ether oxygens (including phenoxy) is 1. The summed E-state index contributed by atoms with van der Waals surface area (Å²) >= 11 is 10.6. The van der Waals surface area contributed by atoms with Crippen molar-refractivity contribution < 1.29 is 9.13 Å². The zero-order chi connectivity index (χ0) is 14.2. The SMILES string of the molecule is Cc1nn(C)c(Oc2ccc(Cl)c(F)c2)c1C(N)=S. The number of nitrogens with two attached hydrogens (primary N) is 1. The highest BCUT2D eigenvalue weighted by Gasteiger charge is 2.18. The third-order valence-corrected chi connectivity index (χ3v) is 3.03. The lowest BCUT2D eigenvalue weighted by Crippen LogP contribution is -2.11. The molecule has 0 saturated carbocycles. The minimum Gasteiger partial charge on any atom is -0.438 e. The lowest BCUT2D eigenvalue weighted by Gasteiger charge is -2.08. The predicted octanol–water partition coefficient (Wildman–Crippen LogP) is 2.95. The van der Waals surface area contributed by atoms with Gasteiger partial charge < -0.3 is 10.5 Å². The topological polar surface area (TPSA) is 53.1 Å². The zero-order valence-electron chi connectivity index (χ0n) is 10.3. The Hall–Kier alpha value is -1.66. The molecule has 0 amide bonds. The highest BCUT2D eigenvalue weighted by Crippen LogP contribution is 2.29. The van der Waals surface area contributed by atoms with Gasteiger partial charge in [-0.1, -0.05) is 23.8 Å². The second-order valence-corrected chi connectivity index (χ2v) is 4.78. The minimum atomic E-state index is -0.560. The molecular weight excluding hydrogens is 289 g/mol. The Morgan fingerprint density at radius 1 is 1.53 bits per heavy atom. The number of hydrogen-bond donors (Lipinski definition) is 1. The Morgan fingerprint density at radius 2 is 2.21 bits per heavy atom. The third-order valence-electron chi connectivity index (χ3n) is 2.52. The highest BCUT2D eigenvalue weighted by atomic mass is 35.5. The first-order valence-electron chi connectivity index (χ1n) is 5.36. The van der Waals surface area contributed by atoms with Crippen molar-refractivity contribution in [2.75, 3.05) is 0 Å². The summed E-state index contributed by atoms with van der Waals surface area (Å²) in [5.74, 6) is 0.101. The van der Waals surface area contributed by atoms with Gasteiger partial charge in [-0.2, -0.15) is 5.10 Å². The van der Waals surface area contributed by atoms with Crippen LogP contribution >= 0.6 is 23.8 Å². The van der Waals surface area contributed by atoms with Gasteiger partial charge >= 0.3 is 0 Å². The minimum absolute atomic E-state index is 0.0307. The second-order valence-electron chi connectivity index (χ2n) is 3.93. The molecule has 100 valence electrons. The molecule has 0 atom stereocenters. The molecule has 0 radical (unpaired) electrons. The Morgan fingerprint density at radius 3 is 2.79 bits per heavy atom. The quantitative estimate of drug-likeness (QED) is 0.885. The fraction of sp³-hybridized carbons (Fsp3) is 0.167. The first kappa shape index (κ1) is 13.8. The van der Waals surface area contributed by atoms with Gasteiger partial charge in [-0.15, -0.1) is 0 Å². The molecule has 0 fully saturated rings. The molecule has 0 bridgehead atoms. The summed E-state index contributed by atoms with van der Waals surface area (Å²) in [5, 5.41) is 4.20. The van der Waals surface area contributed by atoms with Crippen molar-refractivity contribution in [3.05, 3.63) is 40.3 Å². The number of halogens is 2. The molecule has 1 aromatic carbocycles. The van der Waals surface area contributed by atoms with E-state index >= 15 is 0 Å². The van der Waals surface area contributed by atoms with Crippen LogP contribution in [0.15, 0.2) is 18.2 Å². The number of rotatable bonds is 3. The van der Waals surface area contributed by atoms with Crippen molar-refractivity contribution in [3.63, 3.8) is 0 Å².